The lowest BCUT2D eigenvalue weighted by Crippen LogP contribution is -2.55. The first-order chi connectivity index (χ1) is 20.3. The Morgan fingerprint density at radius 2 is 1.74 bits per heavy atom. The Morgan fingerprint density at radius 3 is 2.48 bits per heavy atom. The highest BCUT2D eigenvalue weighted by Gasteiger charge is 2.47. The summed E-state index contributed by atoms with van der Waals surface area (Å²) in [5.74, 6) is 0.472. The molecule has 1 aromatic carbocycles. The number of hydrogen-bond acceptors (Lipinski definition) is 9. The van der Waals surface area contributed by atoms with E-state index in [1.54, 1.807) is 50.2 Å². The molecule has 3 aromatic heterocycles. The molecular formula is C28H34N10O3S. The minimum Gasteiger partial charge on any atom is -0.365 e. The molecule has 1 amide bonds. The zero-order valence-electron chi connectivity index (χ0n) is 23.5. The van der Waals surface area contributed by atoms with Gasteiger partial charge in [0.25, 0.3) is 0 Å². The molecule has 3 saturated heterocycles. The summed E-state index contributed by atoms with van der Waals surface area (Å²) >= 11 is 0. The van der Waals surface area contributed by atoms with Gasteiger partial charge in [-0.3, -0.25) is 9.48 Å². The number of carbonyl (C=O) groups excluding carboxylic acids is 1. The van der Waals surface area contributed by atoms with Crippen LogP contribution in [-0.4, -0.2) is 111 Å². The fourth-order valence-corrected chi connectivity index (χ4v) is 8.17. The van der Waals surface area contributed by atoms with E-state index in [-0.39, 0.29) is 24.5 Å². The number of sulfonamides is 1. The number of fused-ring (bicyclic) bond motifs is 3. The summed E-state index contributed by atoms with van der Waals surface area (Å²) in [6.07, 6.45) is 6.95. The van der Waals surface area contributed by atoms with Gasteiger partial charge in [0.1, 0.15) is 6.54 Å². The van der Waals surface area contributed by atoms with E-state index < -0.39 is 10.0 Å². The summed E-state index contributed by atoms with van der Waals surface area (Å²) < 4.78 is 32.0. The second-order valence-corrected chi connectivity index (χ2v) is 13.1. The molecule has 220 valence electrons. The third-order valence-electron chi connectivity index (χ3n) is 8.46. The summed E-state index contributed by atoms with van der Waals surface area (Å²) in [6.45, 7) is 4.58. The number of nitrogens with zero attached hydrogens (tertiary/aromatic N) is 9. The summed E-state index contributed by atoms with van der Waals surface area (Å²) in [6, 6.07) is 12.4. The Morgan fingerprint density at radius 1 is 1.00 bits per heavy atom. The van der Waals surface area contributed by atoms with Crippen molar-refractivity contribution in [2.45, 2.75) is 36.4 Å². The van der Waals surface area contributed by atoms with E-state index in [9.17, 15) is 13.2 Å². The van der Waals surface area contributed by atoms with Crippen LogP contribution in [0.1, 0.15) is 12.8 Å². The Labute approximate surface area is 244 Å². The van der Waals surface area contributed by atoms with Crippen LogP contribution in [-0.2, 0) is 21.4 Å². The quantitative estimate of drug-likeness (QED) is 0.341. The molecule has 42 heavy (non-hydrogen) atoms. The van der Waals surface area contributed by atoms with Crippen LogP contribution in [0.2, 0.25) is 0 Å². The maximum absolute atomic E-state index is 13.5. The number of hydrogen-bond donors (Lipinski definition) is 1. The van der Waals surface area contributed by atoms with Crippen LogP contribution in [0.5, 0.6) is 0 Å². The lowest BCUT2D eigenvalue weighted by atomic mass is 10.2. The molecule has 3 aliphatic rings. The van der Waals surface area contributed by atoms with Gasteiger partial charge in [0.15, 0.2) is 5.65 Å². The average Bonchev–Trinajstić information content (AvgIpc) is 3.69. The van der Waals surface area contributed by atoms with E-state index in [4.69, 9.17) is 4.98 Å². The zero-order valence-corrected chi connectivity index (χ0v) is 24.3. The normalized spacial score (nSPS) is 21.7. The molecular weight excluding hydrogens is 556 g/mol. The van der Waals surface area contributed by atoms with Gasteiger partial charge in [0.05, 0.1) is 22.5 Å². The summed E-state index contributed by atoms with van der Waals surface area (Å²) in [5.41, 5.74) is 2.30. The summed E-state index contributed by atoms with van der Waals surface area (Å²) in [7, 11) is -1.50. The van der Waals surface area contributed by atoms with Gasteiger partial charge in [-0.25, -0.2) is 12.9 Å². The van der Waals surface area contributed by atoms with Crippen LogP contribution in [0.25, 0.3) is 5.65 Å². The third kappa shape index (κ3) is 4.99. The van der Waals surface area contributed by atoms with E-state index in [1.807, 2.05) is 29.3 Å². The average molecular weight is 591 g/mol. The number of rotatable bonds is 7. The van der Waals surface area contributed by atoms with E-state index in [2.05, 4.69) is 32.4 Å². The third-order valence-corrected chi connectivity index (χ3v) is 10.5. The SMILES string of the molecule is CN1CCN(C(=O)Cn2cc(Nc3nc4c(N5CC6CCC(C5)N6S(=O)(=O)c5ccccc5)cccn4n3)cn2)CC1. The van der Waals surface area contributed by atoms with Gasteiger partial charge in [-0.2, -0.15) is 14.4 Å². The van der Waals surface area contributed by atoms with Crippen LogP contribution in [0, 0.1) is 0 Å². The van der Waals surface area contributed by atoms with Gasteiger partial charge in [0.2, 0.25) is 21.9 Å². The first kappa shape index (κ1) is 26.9. The summed E-state index contributed by atoms with van der Waals surface area (Å²) in [5, 5.41) is 12.2. The van der Waals surface area contributed by atoms with Crippen LogP contribution in [0.4, 0.5) is 17.3 Å². The molecule has 14 heteroatoms. The van der Waals surface area contributed by atoms with Crippen LogP contribution < -0.4 is 10.2 Å². The lowest BCUT2D eigenvalue weighted by molar-refractivity contribution is -0.133. The lowest BCUT2D eigenvalue weighted by Gasteiger charge is -2.41. The molecule has 2 bridgehead atoms. The fraction of sp³-hybridized carbons (Fsp3) is 0.429. The van der Waals surface area contributed by atoms with Crippen molar-refractivity contribution in [3.8, 4) is 0 Å². The molecule has 2 unspecified atom stereocenters. The van der Waals surface area contributed by atoms with Gasteiger partial charge in [-0.05, 0) is 44.2 Å². The number of nitrogens with one attached hydrogen (secondary N) is 1. The predicted octanol–water partition coefficient (Wildman–Crippen LogP) is 1.49. The second-order valence-electron chi connectivity index (χ2n) is 11.3. The van der Waals surface area contributed by atoms with E-state index in [0.29, 0.717) is 35.3 Å². The molecule has 2 atom stereocenters. The number of amides is 1. The highest BCUT2D eigenvalue weighted by atomic mass is 32.2. The maximum atomic E-state index is 13.5. The van der Waals surface area contributed by atoms with Gasteiger partial charge in [-0.15, -0.1) is 5.10 Å². The van der Waals surface area contributed by atoms with Gasteiger partial charge in [-0.1, -0.05) is 18.2 Å². The largest absolute Gasteiger partial charge is 0.365 e. The van der Waals surface area contributed by atoms with Gasteiger partial charge < -0.3 is 20.0 Å². The number of pyridine rings is 1. The van der Waals surface area contributed by atoms with Crippen molar-refractivity contribution in [3.63, 3.8) is 0 Å². The molecule has 13 nitrogen and oxygen atoms in total. The van der Waals surface area contributed by atoms with E-state index >= 15 is 0 Å². The van der Waals surface area contributed by atoms with Crippen LogP contribution in [0.3, 0.4) is 0 Å². The Bertz CT molecular complexity index is 1680. The molecule has 0 spiro atoms. The minimum absolute atomic E-state index is 0.0545. The first-order valence-electron chi connectivity index (χ1n) is 14.3. The van der Waals surface area contributed by atoms with Gasteiger partial charge >= 0.3 is 0 Å². The number of likely N-dealkylation sites (N-methyl/N-ethyl adjacent to an activating group) is 1. The summed E-state index contributed by atoms with van der Waals surface area (Å²) in [4.78, 5) is 24.1. The highest BCUT2D eigenvalue weighted by Crippen LogP contribution is 2.37. The minimum atomic E-state index is -3.56. The highest BCUT2D eigenvalue weighted by molar-refractivity contribution is 7.89. The molecule has 7 rings (SSSR count). The smallest absolute Gasteiger partial charge is 0.247 e. The van der Waals surface area contributed by atoms with Crippen molar-refractivity contribution < 1.29 is 13.2 Å². The second kappa shape index (κ2) is 10.7. The van der Waals surface area contributed by atoms with Crippen molar-refractivity contribution in [1.82, 2.24) is 38.5 Å². The monoisotopic (exact) mass is 590 g/mol. The van der Waals surface area contributed by atoms with Crippen molar-refractivity contribution >= 4 is 38.9 Å². The molecule has 0 radical (unpaired) electrons. The molecule has 3 aliphatic heterocycles. The van der Waals surface area contributed by atoms with Crippen molar-refractivity contribution in [2.75, 3.05) is 56.5 Å². The predicted molar refractivity (Wildman–Crippen MR) is 157 cm³/mol. The number of benzene rings is 1. The van der Waals surface area contributed by atoms with Crippen molar-refractivity contribution in [3.05, 3.63) is 61.1 Å². The van der Waals surface area contributed by atoms with Gasteiger partial charge in [0, 0.05) is 63.7 Å². The van der Waals surface area contributed by atoms with Crippen molar-refractivity contribution in [1.29, 1.82) is 0 Å². The molecule has 6 heterocycles. The topological polar surface area (TPSA) is 124 Å². The Kier molecular flexibility index (Phi) is 6.83. The van der Waals surface area contributed by atoms with Crippen LogP contribution >= 0.6 is 0 Å². The van der Waals surface area contributed by atoms with Crippen LogP contribution in [0.15, 0.2) is 66.0 Å². The maximum Gasteiger partial charge on any atom is 0.247 e. The van der Waals surface area contributed by atoms with Crippen molar-refractivity contribution in [2.24, 2.45) is 0 Å². The molecule has 3 fully saturated rings. The molecule has 0 aliphatic carbocycles. The first-order valence-corrected chi connectivity index (χ1v) is 15.7. The Hall–Kier alpha value is -4.01. The Balaban J connectivity index is 1.05. The number of carbonyl (C=O) groups is 1. The molecule has 4 aromatic rings. The fourth-order valence-electron chi connectivity index (χ4n) is 6.30. The standard InChI is InChI=1S/C28H34N10O3S/c1-33-12-14-34(15-13-33)26(39)20-36-17-21(16-29-36)30-28-31-27-25(8-5-11-37(27)32-28)35-18-22-9-10-23(19-35)38(22)42(40,41)24-6-3-2-4-7-24/h2-8,11,16-17,22-23H,9-10,12-15,18-20H2,1H3,(H,30,32). The molecule has 0 saturated carbocycles. The number of aromatic nitrogens is 5. The zero-order chi connectivity index (χ0) is 28.8. The number of anilines is 3. The molecule has 1 N–H and O–H groups in total. The number of piperazine rings is 2. The van der Waals surface area contributed by atoms with E-state index in [0.717, 1.165) is 44.7 Å². The van der Waals surface area contributed by atoms with E-state index in [1.165, 1.54) is 0 Å².